The molecular formula is C22H27ClN4O5. The SMILES string of the molecule is CC(C)CC(C(=O)Nc1ccn(CC(O)CO)n1)N1CC(Oc2ccccc2Cl)=CC1=O. The third-order valence-corrected chi connectivity index (χ3v) is 5.16. The van der Waals surface area contributed by atoms with Gasteiger partial charge in [0.25, 0.3) is 5.91 Å². The highest BCUT2D eigenvalue weighted by molar-refractivity contribution is 6.32. The van der Waals surface area contributed by atoms with Crippen LogP contribution in [-0.2, 0) is 16.1 Å². The number of rotatable bonds is 10. The van der Waals surface area contributed by atoms with Crippen LogP contribution in [-0.4, -0.2) is 62.0 Å². The lowest BCUT2D eigenvalue weighted by atomic mass is 10.0. The van der Waals surface area contributed by atoms with Crippen LogP contribution in [0.15, 0.2) is 48.4 Å². The van der Waals surface area contributed by atoms with E-state index in [9.17, 15) is 14.7 Å². The molecular weight excluding hydrogens is 436 g/mol. The van der Waals surface area contributed by atoms with E-state index in [1.165, 1.54) is 15.7 Å². The summed E-state index contributed by atoms with van der Waals surface area (Å²) in [7, 11) is 0. The molecule has 2 heterocycles. The molecule has 2 aromatic rings. The number of carbonyl (C=O) groups excluding carboxylic acids is 2. The zero-order valence-corrected chi connectivity index (χ0v) is 18.7. The lowest BCUT2D eigenvalue weighted by Crippen LogP contribution is -2.46. The van der Waals surface area contributed by atoms with Crippen LogP contribution in [0.25, 0.3) is 0 Å². The van der Waals surface area contributed by atoms with Crippen LogP contribution in [0, 0.1) is 5.92 Å². The molecule has 3 rings (SSSR count). The molecule has 1 aliphatic heterocycles. The molecule has 1 aliphatic rings. The van der Waals surface area contributed by atoms with E-state index < -0.39 is 12.1 Å². The quantitative estimate of drug-likeness (QED) is 0.497. The molecule has 0 bridgehead atoms. The molecule has 0 saturated carbocycles. The van der Waals surface area contributed by atoms with Crippen LogP contribution in [0.4, 0.5) is 5.82 Å². The predicted octanol–water partition coefficient (Wildman–Crippen LogP) is 2.05. The second-order valence-electron chi connectivity index (χ2n) is 8.00. The van der Waals surface area contributed by atoms with Crippen molar-refractivity contribution in [2.75, 3.05) is 18.5 Å². The zero-order chi connectivity index (χ0) is 23.3. The van der Waals surface area contributed by atoms with Crippen molar-refractivity contribution in [1.82, 2.24) is 14.7 Å². The topological polar surface area (TPSA) is 117 Å². The summed E-state index contributed by atoms with van der Waals surface area (Å²) in [5.41, 5.74) is 0. The van der Waals surface area contributed by atoms with Crippen molar-refractivity contribution in [3.8, 4) is 5.75 Å². The van der Waals surface area contributed by atoms with Gasteiger partial charge in [-0.2, -0.15) is 5.10 Å². The van der Waals surface area contributed by atoms with Gasteiger partial charge in [-0.25, -0.2) is 0 Å². The van der Waals surface area contributed by atoms with Crippen LogP contribution in [0.2, 0.25) is 5.02 Å². The highest BCUT2D eigenvalue weighted by Gasteiger charge is 2.35. The summed E-state index contributed by atoms with van der Waals surface area (Å²) in [5, 5.41) is 25.9. The number of aliphatic hydroxyl groups excluding tert-OH is 2. The van der Waals surface area contributed by atoms with Gasteiger partial charge in [0.05, 0.1) is 30.8 Å². The van der Waals surface area contributed by atoms with E-state index in [2.05, 4.69) is 10.4 Å². The second-order valence-corrected chi connectivity index (χ2v) is 8.41. The summed E-state index contributed by atoms with van der Waals surface area (Å²) < 4.78 is 7.21. The predicted molar refractivity (Wildman–Crippen MR) is 119 cm³/mol. The van der Waals surface area contributed by atoms with E-state index in [0.717, 1.165) is 0 Å². The Labute approximate surface area is 191 Å². The number of carbonyl (C=O) groups is 2. The van der Waals surface area contributed by atoms with E-state index >= 15 is 0 Å². The van der Waals surface area contributed by atoms with Gasteiger partial charge in [-0.1, -0.05) is 37.6 Å². The number of nitrogens with zero attached hydrogens (tertiary/aromatic N) is 3. The molecule has 3 N–H and O–H groups in total. The molecule has 2 atom stereocenters. The summed E-state index contributed by atoms with van der Waals surface area (Å²) in [5.74, 6) is 0.615. The summed E-state index contributed by atoms with van der Waals surface area (Å²) in [6.07, 6.45) is 2.46. The molecule has 10 heteroatoms. The first kappa shape index (κ1) is 23.8. The minimum Gasteiger partial charge on any atom is -0.458 e. The maximum atomic E-state index is 13.1. The number of para-hydroxylation sites is 1. The number of anilines is 1. The van der Waals surface area contributed by atoms with Crippen LogP contribution >= 0.6 is 11.6 Å². The second kappa shape index (κ2) is 10.6. The Morgan fingerprint density at radius 3 is 2.75 bits per heavy atom. The fraction of sp³-hybridized carbons (Fsp3) is 0.409. The van der Waals surface area contributed by atoms with Gasteiger partial charge in [0.1, 0.15) is 17.6 Å². The molecule has 32 heavy (non-hydrogen) atoms. The Balaban J connectivity index is 1.69. The van der Waals surface area contributed by atoms with E-state index in [0.29, 0.717) is 28.8 Å². The number of ether oxygens (including phenoxy) is 1. The molecule has 0 aliphatic carbocycles. The number of aliphatic hydroxyl groups is 2. The van der Waals surface area contributed by atoms with Gasteiger partial charge in [0, 0.05) is 18.3 Å². The van der Waals surface area contributed by atoms with Crippen molar-refractivity contribution in [2.24, 2.45) is 5.92 Å². The molecule has 172 valence electrons. The highest BCUT2D eigenvalue weighted by atomic mass is 35.5. The van der Waals surface area contributed by atoms with Gasteiger partial charge in [-0.05, 0) is 24.5 Å². The summed E-state index contributed by atoms with van der Waals surface area (Å²) in [6.45, 7) is 3.80. The molecule has 0 radical (unpaired) electrons. The van der Waals surface area contributed by atoms with Gasteiger partial charge < -0.3 is 25.2 Å². The molecule has 9 nitrogen and oxygen atoms in total. The Morgan fingerprint density at radius 2 is 2.06 bits per heavy atom. The highest BCUT2D eigenvalue weighted by Crippen LogP contribution is 2.28. The van der Waals surface area contributed by atoms with Crippen LogP contribution in [0.1, 0.15) is 20.3 Å². The monoisotopic (exact) mass is 462 g/mol. The van der Waals surface area contributed by atoms with E-state index in [1.807, 2.05) is 13.8 Å². The van der Waals surface area contributed by atoms with E-state index in [-0.39, 0.29) is 37.4 Å². The van der Waals surface area contributed by atoms with Crippen molar-refractivity contribution >= 4 is 29.2 Å². The van der Waals surface area contributed by atoms with Crippen LogP contribution in [0.3, 0.4) is 0 Å². The Kier molecular flexibility index (Phi) is 7.89. The first-order valence-corrected chi connectivity index (χ1v) is 10.7. The van der Waals surface area contributed by atoms with Crippen molar-refractivity contribution in [3.05, 3.63) is 53.4 Å². The number of nitrogens with one attached hydrogen (secondary N) is 1. The largest absolute Gasteiger partial charge is 0.458 e. The first-order valence-electron chi connectivity index (χ1n) is 10.3. The average molecular weight is 463 g/mol. The minimum absolute atomic E-state index is 0.0963. The third-order valence-electron chi connectivity index (χ3n) is 4.85. The molecule has 1 aromatic carbocycles. The summed E-state index contributed by atoms with van der Waals surface area (Å²) >= 11 is 6.14. The molecule has 0 spiro atoms. The average Bonchev–Trinajstić information content (AvgIpc) is 3.33. The van der Waals surface area contributed by atoms with Gasteiger partial charge in [-0.3, -0.25) is 14.3 Å². The lowest BCUT2D eigenvalue weighted by Gasteiger charge is -2.28. The zero-order valence-electron chi connectivity index (χ0n) is 17.9. The number of halogens is 1. The molecule has 0 fully saturated rings. The van der Waals surface area contributed by atoms with E-state index in [4.69, 9.17) is 21.4 Å². The number of hydrogen-bond donors (Lipinski definition) is 3. The first-order chi connectivity index (χ1) is 15.3. The van der Waals surface area contributed by atoms with Crippen LogP contribution < -0.4 is 10.1 Å². The molecule has 2 amide bonds. The van der Waals surface area contributed by atoms with Gasteiger partial charge in [-0.15, -0.1) is 0 Å². The Hall–Kier alpha value is -2.88. The maximum absolute atomic E-state index is 13.1. The Morgan fingerprint density at radius 1 is 1.31 bits per heavy atom. The van der Waals surface area contributed by atoms with Crippen molar-refractivity contribution < 1.29 is 24.5 Å². The van der Waals surface area contributed by atoms with Crippen molar-refractivity contribution in [3.63, 3.8) is 0 Å². The van der Waals surface area contributed by atoms with Crippen molar-refractivity contribution in [1.29, 1.82) is 0 Å². The summed E-state index contributed by atoms with van der Waals surface area (Å²) in [6, 6.07) is 7.83. The van der Waals surface area contributed by atoms with Gasteiger partial charge >= 0.3 is 0 Å². The number of hydrogen-bond acceptors (Lipinski definition) is 6. The lowest BCUT2D eigenvalue weighted by molar-refractivity contribution is -0.133. The molecule has 0 saturated heterocycles. The number of benzene rings is 1. The number of aromatic nitrogens is 2. The normalized spacial score (nSPS) is 15.6. The minimum atomic E-state index is -0.947. The standard InChI is InChI=1S/C22H27ClN4O5/c1-14(2)9-18(22(31)24-20-7-8-26(25-20)11-15(29)13-28)27-12-16(10-21(27)30)32-19-6-4-3-5-17(19)23/h3-8,10,14-15,18,28-29H,9,11-13H2,1-2H3,(H,24,25,31). The van der Waals surface area contributed by atoms with Crippen LogP contribution in [0.5, 0.6) is 5.75 Å². The van der Waals surface area contributed by atoms with Gasteiger partial charge in [0.15, 0.2) is 5.82 Å². The smallest absolute Gasteiger partial charge is 0.251 e. The van der Waals surface area contributed by atoms with E-state index in [1.54, 1.807) is 36.5 Å². The fourth-order valence-electron chi connectivity index (χ4n) is 3.34. The third kappa shape index (κ3) is 6.09. The molecule has 2 unspecified atom stereocenters. The Bertz CT molecular complexity index is 990. The summed E-state index contributed by atoms with van der Waals surface area (Å²) in [4.78, 5) is 27.2. The van der Waals surface area contributed by atoms with Gasteiger partial charge in [0.2, 0.25) is 5.91 Å². The van der Waals surface area contributed by atoms with Crippen molar-refractivity contribution in [2.45, 2.75) is 39.0 Å². The number of amides is 2. The fourth-order valence-corrected chi connectivity index (χ4v) is 3.52. The maximum Gasteiger partial charge on any atom is 0.251 e. The molecule has 1 aromatic heterocycles.